The van der Waals surface area contributed by atoms with Crippen molar-refractivity contribution in [3.05, 3.63) is 30.0 Å². The molecule has 90 valence electrons. The first-order chi connectivity index (χ1) is 8.22. The number of fused-ring (bicyclic) bond motifs is 1. The summed E-state index contributed by atoms with van der Waals surface area (Å²) < 4.78 is 1.83. The van der Waals surface area contributed by atoms with Crippen LogP contribution in [0.25, 0.3) is 10.9 Å². The second-order valence-corrected chi connectivity index (χ2v) is 4.16. The lowest BCUT2D eigenvalue weighted by molar-refractivity contribution is -0.118. The summed E-state index contributed by atoms with van der Waals surface area (Å²) in [5.41, 5.74) is 1.95. The summed E-state index contributed by atoms with van der Waals surface area (Å²) in [5.74, 6) is 0.225. The van der Waals surface area contributed by atoms with E-state index in [9.17, 15) is 4.79 Å². The molecule has 0 saturated carbocycles. The molecule has 0 aliphatic rings. The minimum Gasteiger partial charge on any atom is -0.319 e. The molecule has 1 heterocycles. The molecule has 0 spiro atoms. The molecule has 0 saturated heterocycles. The smallest absolute Gasteiger partial charge is 0.140 e. The van der Waals surface area contributed by atoms with Crippen LogP contribution < -0.4 is 5.32 Å². The minimum absolute atomic E-state index is 0.225. The highest BCUT2D eigenvalue weighted by Crippen LogP contribution is 2.18. The summed E-state index contributed by atoms with van der Waals surface area (Å²) in [6.45, 7) is 0.726. The van der Waals surface area contributed by atoms with Crippen LogP contribution in [0.1, 0.15) is 12.1 Å². The molecule has 0 bridgehead atoms. The Hall–Kier alpha value is -1.68. The first-order valence-corrected chi connectivity index (χ1v) is 5.79. The monoisotopic (exact) mass is 231 g/mol. The van der Waals surface area contributed by atoms with E-state index >= 15 is 0 Å². The van der Waals surface area contributed by atoms with Crippen LogP contribution in [0.4, 0.5) is 0 Å². The average molecular weight is 231 g/mol. The number of nitrogens with one attached hydrogen (secondary N) is 1. The van der Waals surface area contributed by atoms with Gasteiger partial charge in [-0.15, -0.1) is 0 Å². The van der Waals surface area contributed by atoms with E-state index < -0.39 is 0 Å². The number of carbonyl (C=O) groups excluding carboxylic acids is 1. The van der Waals surface area contributed by atoms with Crippen LogP contribution in [0.2, 0.25) is 0 Å². The Morgan fingerprint density at radius 2 is 2.18 bits per heavy atom. The van der Waals surface area contributed by atoms with Crippen LogP contribution in [0.5, 0.6) is 0 Å². The summed E-state index contributed by atoms with van der Waals surface area (Å²) in [4.78, 5) is 11.7. The highest BCUT2D eigenvalue weighted by molar-refractivity contribution is 5.88. The Kier molecular flexibility index (Phi) is 3.54. The lowest BCUT2D eigenvalue weighted by Crippen LogP contribution is -2.14. The number of carbonyl (C=O) groups is 1. The maximum absolute atomic E-state index is 11.7. The molecule has 4 heteroatoms. The molecule has 1 N–H and O–H groups in total. The molecule has 0 radical (unpaired) electrons. The van der Waals surface area contributed by atoms with Gasteiger partial charge in [-0.3, -0.25) is 9.48 Å². The number of nitrogens with zero attached hydrogens (tertiary/aromatic N) is 2. The van der Waals surface area contributed by atoms with Crippen molar-refractivity contribution in [3.63, 3.8) is 0 Å². The van der Waals surface area contributed by atoms with E-state index in [-0.39, 0.29) is 5.78 Å². The maximum atomic E-state index is 11.7. The van der Waals surface area contributed by atoms with Crippen LogP contribution >= 0.6 is 0 Å². The number of hydrogen-bond acceptors (Lipinski definition) is 3. The van der Waals surface area contributed by atoms with Crippen molar-refractivity contribution in [2.24, 2.45) is 7.05 Å². The highest BCUT2D eigenvalue weighted by atomic mass is 16.1. The van der Waals surface area contributed by atoms with Gasteiger partial charge in [0.25, 0.3) is 0 Å². The SMILES string of the molecule is CNCCC(=O)Cc1nn(C)c2ccccc12. The van der Waals surface area contributed by atoms with Crippen molar-refractivity contribution in [1.29, 1.82) is 0 Å². The number of ketones is 1. The molecule has 2 rings (SSSR count). The van der Waals surface area contributed by atoms with Crippen LogP contribution in [0, 0.1) is 0 Å². The molecule has 0 atom stereocenters. The van der Waals surface area contributed by atoms with Gasteiger partial charge in [-0.1, -0.05) is 18.2 Å². The van der Waals surface area contributed by atoms with E-state index in [1.54, 1.807) is 0 Å². The average Bonchev–Trinajstić information content (AvgIpc) is 2.65. The molecule has 0 aliphatic carbocycles. The summed E-state index contributed by atoms with van der Waals surface area (Å²) in [5, 5.41) is 8.47. The lowest BCUT2D eigenvalue weighted by atomic mass is 10.1. The molecule has 1 aromatic heterocycles. The van der Waals surface area contributed by atoms with Gasteiger partial charge in [-0.2, -0.15) is 5.10 Å². The van der Waals surface area contributed by atoms with Gasteiger partial charge in [0.2, 0.25) is 0 Å². The highest BCUT2D eigenvalue weighted by Gasteiger charge is 2.11. The number of aromatic nitrogens is 2. The molecule has 0 unspecified atom stereocenters. The van der Waals surface area contributed by atoms with Crippen LogP contribution in [0.15, 0.2) is 24.3 Å². The van der Waals surface area contributed by atoms with Gasteiger partial charge in [0.05, 0.1) is 17.6 Å². The predicted molar refractivity (Wildman–Crippen MR) is 68.0 cm³/mol. The predicted octanol–water partition coefficient (Wildman–Crippen LogP) is 1.29. The molecule has 4 nitrogen and oxygen atoms in total. The molecule has 17 heavy (non-hydrogen) atoms. The largest absolute Gasteiger partial charge is 0.319 e. The fraction of sp³-hybridized carbons (Fsp3) is 0.385. The Morgan fingerprint density at radius 3 is 2.94 bits per heavy atom. The summed E-state index contributed by atoms with van der Waals surface area (Å²) >= 11 is 0. The third-order valence-electron chi connectivity index (χ3n) is 2.85. The second kappa shape index (κ2) is 5.10. The normalized spacial score (nSPS) is 10.9. The molecule has 0 aliphatic heterocycles. The molecule has 2 aromatic rings. The molecule has 0 amide bonds. The van der Waals surface area contributed by atoms with Crippen molar-refractivity contribution >= 4 is 16.7 Å². The van der Waals surface area contributed by atoms with Crippen LogP contribution in [0.3, 0.4) is 0 Å². The fourth-order valence-electron chi connectivity index (χ4n) is 1.96. The number of rotatable bonds is 5. The van der Waals surface area contributed by atoms with Crippen molar-refractivity contribution < 1.29 is 4.79 Å². The van der Waals surface area contributed by atoms with E-state index in [2.05, 4.69) is 10.4 Å². The van der Waals surface area contributed by atoms with Gasteiger partial charge in [-0.05, 0) is 13.1 Å². The zero-order valence-electron chi connectivity index (χ0n) is 10.2. The van der Waals surface area contributed by atoms with Gasteiger partial charge in [0.1, 0.15) is 5.78 Å². The van der Waals surface area contributed by atoms with Crippen LogP contribution in [-0.4, -0.2) is 29.2 Å². The summed E-state index contributed by atoms with van der Waals surface area (Å²) in [6.07, 6.45) is 0.977. The van der Waals surface area contributed by atoms with Crippen LogP contribution in [-0.2, 0) is 18.3 Å². The van der Waals surface area contributed by atoms with E-state index in [1.165, 1.54) is 0 Å². The molecule has 1 aromatic carbocycles. The zero-order valence-corrected chi connectivity index (χ0v) is 10.2. The zero-order chi connectivity index (χ0) is 12.3. The van der Waals surface area contributed by atoms with Crippen molar-refractivity contribution in [2.75, 3.05) is 13.6 Å². The van der Waals surface area contributed by atoms with Gasteiger partial charge in [0.15, 0.2) is 0 Å². The van der Waals surface area contributed by atoms with Gasteiger partial charge in [0, 0.05) is 25.4 Å². The molecular weight excluding hydrogens is 214 g/mol. The third kappa shape index (κ3) is 2.53. The lowest BCUT2D eigenvalue weighted by Gasteiger charge is -1.98. The number of Topliss-reactive ketones (excluding diaryl/α,β-unsaturated/α-hetero) is 1. The van der Waals surface area contributed by atoms with E-state index in [0.717, 1.165) is 23.1 Å². The van der Waals surface area contributed by atoms with E-state index in [4.69, 9.17) is 0 Å². The maximum Gasteiger partial charge on any atom is 0.140 e. The van der Waals surface area contributed by atoms with Gasteiger partial charge >= 0.3 is 0 Å². The number of benzene rings is 1. The molecular formula is C13H17N3O. The Balaban J connectivity index is 2.21. The number of hydrogen-bond donors (Lipinski definition) is 1. The summed E-state index contributed by atoms with van der Waals surface area (Å²) in [7, 11) is 3.76. The Morgan fingerprint density at radius 1 is 1.41 bits per heavy atom. The first kappa shape index (κ1) is 11.8. The quantitative estimate of drug-likeness (QED) is 0.843. The fourth-order valence-corrected chi connectivity index (χ4v) is 1.96. The van der Waals surface area contributed by atoms with Crippen molar-refractivity contribution in [1.82, 2.24) is 15.1 Å². The third-order valence-corrected chi connectivity index (χ3v) is 2.85. The van der Waals surface area contributed by atoms with Crippen molar-refractivity contribution in [3.8, 4) is 0 Å². The van der Waals surface area contributed by atoms with Crippen molar-refractivity contribution in [2.45, 2.75) is 12.8 Å². The number of aryl methyl sites for hydroxylation is 1. The Labute approximate surface area is 101 Å². The molecule has 0 fully saturated rings. The van der Waals surface area contributed by atoms with Gasteiger partial charge in [-0.25, -0.2) is 0 Å². The second-order valence-electron chi connectivity index (χ2n) is 4.16. The first-order valence-electron chi connectivity index (χ1n) is 5.79. The number of para-hydroxylation sites is 1. The Bertz CT molecular complexity index is 530. The summed E-state index contributed by atoms with van der Waals surface area (Å²) in [6, 6.07) is 8.00. The van der Waals surface area contributed by atoms with E-state index in [0.29, 0.717) is 12.8 Å². The standard InChI is InChI=1S/C13H17N3O/c1-14-8-7-10(17)9-12-11-5-3-4-6-13(11)16(2)15-12/h3-6,14H,7-9H2,1-2H3. The minimum atomic E-state index is 0.225. The van der Waals surface area contributed by atoms with E-state index in [1.807, 2.05) is 43.0 Å². The topological polar surface area (TPSA) is 46.9 Å². The van der Waals surface area contributed by atoms with Gasteiger partial charge < -0.3 is 5.32 Å².